The third-order valence-electron chi connectivity index (χ3n) is 10.7. The molecule has 9 nitrogen and oxygen atoms in total. The van der Waals surface area contributed by atoms with E-state index in [-0.39, 0.29) is 46.3 Å². The van der Waals surface area contributed by atoms with E-state index in [4.69, 9.17) is 14.2 Å². The van der Waals surface area contributed by atoms with Crippen molar-refractivity contribution >= 4 is 22.5 Å². The van der Waals surface area contributed by atoms with Gasteiger partial charge in [0.05, 0.1) is 51.7 Å². The van der Waals surface area contributed by atoms with Gasteiger partial charge < -0.3 is 50.2 Å². The van der Waals surface area contributed by atoms with Crippen LogP contribution in [0.1, 0.15) is 62.2 Å². The lowest BCUT2D eigenvalue weighted by molar-refractivity contribution is -0.946. The van der Waals surface area contributed by atoms with Gasteiger partial charge in [-0.3, -0.25) is 9.59 Å². The Morgan fingerprint density at radius 2 is 1.56 bits per heavy atom. The lowest BCUT2D eigenvalue weighted by Gasteiger charge is -2.51. The van der Waals surface area contributed by atoms with Gasteiger partial charge in [0.1, 0.15) is 47.1 Å². The molecule has 1 unspecified atom stereocenters. The van der Waals surface area contributed by atoms with Gasteiger partial charge in [0.15, 0.2) is 0 Å². The van der Waals surface area contributed by atoms with Gasteiger partial charge in [-0.2, -0.15) is 0 Å². The number of halogens is 3. The fourth-order valence-corrected chi connectivity index (χ4v) is 7.81. The van der Waals surface area contributed by atoms with Crippen LogP contribution in [-0.2, 0) is 0 Å². The number of hydrogen-bond acceptors (Lipinski definition) is 6. The number of amides is 1. The molecule has 3 aromatic carbocycles. The Hall–Kier alpha value is -4.00. The topological polar surface area (TPSA) is 90.2 Å². The first kappa shape index (κ1) is 39.2. The molecule has 3 aliphatic rings. The number of carbonyl (C=O) groups excluding carboxylic acids is 1. The first-order valence-electron chi connectivity index (χ1n) is 18.0. The molecule has 2 bridgehead atoms. The molecular weight excluding hydrogens is 736 g/mol. The number of pyridine rings is 1. The molecule has 1 N–H and O–H groups in total. The number of quaternary nitrogens is 1. The number of anilines is 1. The van der Waals surface area contributed by atoms with Crippen LogP contribution in [0.4, 0.5) is 14.5 Å². The van der Waals surface area contributed by atoms with Crippen LogP contribution in [-0.4, -0.2) is 79.7 Å². The summed E-state index contributed by atoms with van der Waals surface area (Å²) in [6.45, 7) is 6.77. The maximum Gasteiger partial charge on any atom is 0.263 e. The Labute approximate surface area is 314 Å². The Kier molecular flexibility index (Phi) is 13.0. The number of nitrogens with zero attached hydrogens (tertiary/aromatic N) is 3. The van der Waals surface area contributed by atoms with Crippen molar-refractivity contribution in [2.24, 2.45) is 5.92 Å². The van der Waals surface area contributed by atoms with E-state index < -0.39 is 23.0 Å². The molecule has 1 aromatic heterocycles. The predicted octanol–water partition coefficient (Wildman–Crippen LogP) is 3.89. The number of aromatic nitrogens is 1. The fraction of sp³-hybridized carbons (Fsp3) is 0.450. The van der Waals surface area contributed by atoms with E-state index in [0.717, 1.165) is 74.3 Å². The second-order valence-electron chi connectivity index (χ2n) is 13.9. The minimum atomic E-state index is -0.829. The quantitative estimate of drug-likeness (QED) is 0.146. The van der Waals surface area contributed by atoms with Crippen molar-refractivity contribution in [2.75, 3.05) is 58.5 Å². The number of unbranched alkanes of at least 4 members (excludes halogenated alkanes) is 4. The van der Waals surface area contributed by atoms with Crippen LogP contribution in [0.15, 0.2) is 65.6 Å². The molecule has 3 saturated heterocycles. The SMILES string of the molecule is CCN(C(=O)c1cn(-c2cc(OC)cc(OC)c2)c2cc(OCCCCCCC[N+]34CCC(CC3)C(O)C4)ccc2c1=O)c1cc(F)cc(F)c1.[Br-]. The Morgan fingerprint density at radius 1 is 0.904 bits per heavy atom. The van der Waals surface area contributed by atoms with Gasteiger partial charge in [-0.1, -0.05) is 12.8 Å². The summed E-state index contributed by atoms with van der Waals surface area (Å²) in [6.07, 6.45) is 9.03. The summed E-state index contributed by atoms with van der Waals surface area (Å²) in [7, 11) is 3.07. The maximum atomic E-state index is 14.1. The average Bonchev–Trinajstić information content (AvgIpc) is 3.12. The van der Waals surface area contributed by atoms with Gasteiger partial charge in [0.25, 0.3) is 5.91 Å². The number of rotatable bonds is 15. The van der Waals surface area contributed by atoms with Crippen LogP contribution in [0.25, 0.3) is 16.6 Å². The van der Waals surface area contributed by atoms with Gasteiger partial charge in [-0.05, 0) is 50.5 Å². The molecule has 0 radical (unpaired) electrons. The third-order valence-corrected chi connectivity index (χ3v) is 10.7. The molecule has 7 rings (SSSR count). The van der Waals surface area contributed by atoms with Gasteiger partial charge in [-0.15, -0.1) is 0 Å². The van der Waals surface area contributed by atoms with E-state index in [9.17, 15) is 23.5 Å². The zero-order chi connectivity index (χ0) is 36.1. The van der Waals surface area contributed by atoms with Gasteiger partial charge in [0.2, 0.25) is 5.43 Å². The second kappa shape index (κ2) is 17.2. The molecular formula is C40H48BrF2N3O6. The maximum absolute atomic E-state index is 14.1. The van der Waals surface area contributed by atoms with E-state index in [1.54, 1.807) is 47.9 Å². The number of benzene rings is 3. The van der Waals surface area contributed by atoms with Gasteiger partial charge in [-0.25, -0.2) is 8.78 Å². The average molecular weight is 785 g/mol. The van der Waals surface area contributed by atoms with E-state index >= 15 is 0 Å². The van der Waals surface area contributed by atoms with Crippen molar-refractivity contribution < 1.29 is 54.4 Å². The van der Waals surface area contributed by atoms with Gasteiger partial charge in [0, 0.05) is 72.9 Å². The monoisotopic (exact) mass is 783 g/mol. The summed E-state index contributed by atoms with van der Waals surface area (Å²) in [5.74, 6) is -0.243. The standard InChI is InChI=1S/C40H48F2N3O6.BrH/c1-4-43(30-19-28(41)18-29(42)20-30)40(48)36-25-44(31-21-33(49-2)23-34(22-31)50-3)37-24-32(10-11-35(37)39(36)47)51-17-9-7-5-6-8-14-45-15-12-27(13-16-45)38(46)26-45;/h10-11,18-25,27,38,46H,4-9,12-17,26H2,1-3H3;1H/q+1;/p-1. The zero-order valence-electron chi connectivity index (χ0n) is 30.1. The minimum absolute atomic E-state index is 0. The first-order chi connectivity index (χ1) is 24.6. The Balaban J connectivity index is 0.00000523. The van der Waals surface area contributed by atoms with Crippen molar-refractivity contribution in [3.8, 4) is 22.9 Å². The van der Waals surface area contributed by atoms with Crippen LogP contribution in [0.5, 0.6) is 17.2 Å². The molecule has 3 fully saturated rings. The summed E-state index contributed by atoms with van der Waals surface area (Å²) in [5, 5.41) is 10.6. The molecule has 0 spiro atoms. The minimum Gasteiger partial charge on any atom is -1.00 e. The number of ether oxygens (including phenoxy) is 3. The summed E-state index contributed by atoms with van der Waals surface area (Å²) >= 11 is 0. The molecule has 12 heteroatoms. The predicted molar refractivity (Wildman–Crippen MR) is 193 cm³/mol. The Bertz CT molecular complexity index is 1890. The number of hydrogen-bond donors (Lipinski definition) is 1. The summed E-state index contributed by atoms with van der Waals surface area (Å²) in [6, 6.07) is 13.2. The van der Waals surface area contributed by atoms with Crippen molar-refractivity contribution in [1.82, 2.24) is 4.57 Å². The lowest BCUT2D eigenvalue weighted by atomic mass is 9.83. The summed E-state index contributed by atoms with van der Waals surface area (Å²) < 4.78 is 48.2. The number of fused-ring (bicyclic) bond motifs is 4. The first-order valence-corrected chi connectivity index (χ1v) is 18.0. The smallest absolute Gasteiger partial charge is 0.263 e. The van der Waals surface area contributed by atoms with Crippen LogP contribution < -0.4 is 41.5 Å². The Morgan fingerprint density at radius 3 is 2.19 bits per heavy atom. The molecule has 280 valence electrons. The highest BCUT2D eigenvalue weighted by Gasteiger charge is 2.44. The second-order valence-corrected chi connectivity index (χ2v) is 13.9. The van der Waals surface area contributed by atoms with Crippen LogP contribution in [0.3, 0.4) is 0 Å². The van der Waals surface area contributed by atoms with Crippen molar-refractivity contribution in [1.29, 1.82) is 0 Å². The highest BCUT2D eigenvalue weighted by Crippen LogP contribution is 2.34. The number of piperidine rings is 3. The zero-order valence-corrected chi connectivity index (χ0v) is 31.7. The fourth-order valence-electron chi connectivity index (χ4n) is 7.81. The van der Waals surface area contributed by atoms with Crippen molar-refractivity contribution in [3.63, 3.8) is 0 Å². The van der Waals surface area contributed by atoms with E-state index in [1.165, 1.54) is 44.8 Å². The molecule has 4 heterocycles. The highest BCUT2D eigenvalue weighted by molar-refractivity contribution is 6.07. The summed E-state index contributed by atoms with van der Waals surface area (Å²) in [4.78, 5) is 29.0. The molecule has 3 aliphatic heterocycles. The number of aliphatic hydroxyl groups excluding tert-OH is 1. The number of methoxy groups -OCH3 is 2. The van der Waals surface area contributed by atoms with Crippen molar-refractivity contribution in [3.05, 3.63) is 88.2 Å². The molecule has 4 aromatic rings. The van der Waals surface area contributed by atoms with Crippen LogP contribution in [0, 0.1) is 17.6 Å². The van der Waals surface area contributed by atoms with Gasteiger partial charge >= 0.3 is 0 Å². The molecule has 0 aliphatic carbocycles. The van der Waals surface area contributed by atoms with Crippen molar-refractivity contribution in [2.45, 2.75) is 58.0 Å². The largest absolute Gasteiger partial charge is 1.00 e. The van der Waals surface area contributed by atoms with E-state index in [1.807, 2.05) is 0 Å². The third kappa shape index (κ3) is 8.61. The molecule has 52 heavy (non-hydrogen) atoms. The van der Waals surface area contributed by atoms with E-state index in [2.05, 4.69) is 0 Å². The van der Waals surface area contributed by atoms with Crippen LogP contribution in [0.2, 0.25) is 0 Å². The van der Waals surface area contributed by atoms with E-state index in [0.29, 0.717) is 41.0 Å². The summed E-state index contributed by atoms with van der Waals surface area (Å²) in [5.41, 5.74) is 0.389. The number of carbonyl (C=O) groups is 1. The molecule has 0 saturated carbocycles. The molecule has 1 atom stereocenters. The molecule has 1 amide bonds. The lowest BCUT2D eigenvalue weighted by Crippen LogP contribution is -3.00. The normalized spacial score (nSPS) is 19.3. The number of aliphatic hydroxyl groups is 1. The van der Waals surface area contributed by atoms with Crippen LogP contribution >= 0.6 is 0 Å². The highest BCUT2D eigenvalue weighted by atomic mass is 79.9.